The molecule has 1 aromatic carbocycles. The Kier molecular flexibility index (Phi) is 2.23. The standard InChI is InChI=1S/C10H9ClO2/c11-6-8(12)10-5-7-3-1-2-4-9(7)13-10/h1-4,10H,5-6H2/t10-/m1/s1. The van der Waals surface area contributed by atoms with Gasteiger partial charge in [0.2, 0.25) is 0 Å². The Balaban J connectivity index is 2.18. The molecule has 0 amide bonds. The zero-order chi connectivity index (χ0) is 9.26. The largest absolute Gasteiger partial charge is 0.482 e. The Morgan fingerprint density at radius 3 is 3.00 bits per heavy atom. The molecule has 1 heterocycles. The Morgan fingerprint density at radius 2 is 2.31 bits per heavy atom. The molecule has 2 nitrogen and oxygen atoms in total. The second-order valence-electron chi connectivity index (χ2n) is 3.02. The lowest BCUT2D eigenvalue weighted by Gasteiger charge is -2.05. The van der Waals surface area contributed by atoms with Gasteiger partial charge in [-0.2, -0.15) is 0 Å². The smallest absolute Gasteiger partial charge is 0.188 e. The number of rotatable bonds is 2. The SMILES string of the molecule is O=C(CCl)[C@H]1Cc2ccccc2O1. The third kappa shape index (κ3) is 1.54. The van der Waals surface area contributed by atoms with Crippen molar-refractivity contribution >= 4 is 17.4 Å². The summed E-state index contributed by atoms with van der Waals surface area (Å²) in [6.07, 6.45) is 0.289. The van der Waals surface area contributed by atoms with Gasteiger partial charge in [0.05, 0.1) is 5.88 Å². The van der Waals surface area contributed by atoms with Crippen molar-refractivity contribution in [2.75, 3.05) is 5.88 Å². The fourth-order valence-corrected chi connectivity index (χ4v) is 1.62. The second kappa shape index (κ2) is 3.38. The van der Waals surface area contributed by atoms with Crippen molar-refractivity contribution in [2.45, 2.75) is 12.5 Å². The minimum absolute atomic E-state index is 0.0264. The molecule has 1 aliphatic rings. The van der Waals surface area contributed by atoms with E-state index in [4.69, 9.17) is 16.3 Å². The van der Waals surface area contributed by atoms with Crippen LogP contribution in [0.25, 0.3) is 0 Å². The number of halogens is 1. The van der Waals surface area contributed by atoms with E-state index in [0.717, 1.165) is 11.3 Å². The number of carbonyl (C=O) groups is 1. The van der Waals surface area contributed by atoms with Crippen LogP contribution in [0.3, 0.4) is 0 Å². The third-order valence-corrected chi connectivity index (χ3v) is 2.40. The molecule has 0 aliphatic carbocycles. The molecule has 3 heteroatoms. The minimum Gasteiger partial charge on any atom is -0.482 e. The summed E-state index contributed by atoms with van der Waals surface area (Å²) < 4.78 is 5.43. The molecule has 0 unspecified atom stereocenters. The summed E-state index contributed by atoms with van der Waals surface area (Å²) in [5.41, 5.74) is 1.09. The number of carbonyl (C=O) groups excluding carboxylic acids is 1. The maximum atomic E-state index is 11.2. The molecule has 0 saturated heterocycles. The van der Waals surface area contributed by atoms with Gasteiger partial charge in [-0.1, -0.05) is 18.2 Å². The quantitative estimate of drug-likeness (QED) is 0.675. The Morgan fingerprint density at radius 1 is 1.54 bits per heavy atom. The molecule has 0 bridgehead atoms. The van der Waals surface area contributed by atoms with E-state index in [0.29, 0.717) is 6.42 Å². The molecular weight excluding hydrogens is 188 g/mol. The van der Waals surface area contributed by atoms with Gasteiger partial charge >= 0.3 is 0 Å². The van der Waals surface area contributed by atoms with Crippen LogP contribution in [-0.2, 0) is 11.2 Å². The van der Waals surface area contributed by atoms with Crippen molar-refractivity contribution in [2.24, 2.45) is 0 Å². The summed E-state index contributed by atoms with van der Waals surface area (Å²) in [5, 5.41) is 0. The van der Waals surface area contributed by atoms with Crippen molar-refractivity contribution in [3.8, 4) is 5.75 Å². The van der Waals surface area contributed by atoms with E-state index in [1.54, 1.807) is 0 Å². The van der Waals surface area contributed by atoms with Gasteiger partial charge in [0.1, 0.15) is 5.75 Å². The summed E-state index contributed by atoms with van der Waals surface area (Å²) in [5.74, 6) is 0.794. The fraction of sp³-hybridized carbons (Fsp3) is 0.300. The molecule has 13 heavy (non-hydrogen) atoms. The number of fused-ring (bicyclic) bond motifs is 1. The average Bonchev–Trinajstić information content (AvgIpc) is 2.59. The van der Waals surface area contributed by atoms with Gasteiger partial charge in [-0.05, 0) is 11.6 Å². The topological polar surface area (TPSA) is 26.3 Å². The van der Waals surface area contributed by atoms with Crippen molar-refractivity contribution in [1.29, 1.82) is 0 Å². The van der Waals surface area contributed by atoms with Crippen LogP contribution in [-0.4, -0.2) is 17.8 Å². The summed E-state index contributed by atoms with van der Waals surface area (Å²) in [6.45, 7) is 0. The molecule has 0 radical (unpaired) electrons. The summed E-state index contributed by atoms with van der Waals surface area (Å²) in [6, 6.07) is 7.68. The van der Waals surface area contributed by atoms with Gasteiger partial charge in [0, 0.05) is 6.42 Å². The third-order valence-electron chi connectivity index (χ3n) is 2.14. The van der Waals surface area contributed by atoms with Gasteiger partial charge in [0.15, 0.2) is 11.9 Å². The van der Waals surface area contributed by atoms with Crippen LogP contribution in [0.1, 0.15) is 5.56 Å². The van der Waals surface area contributed by atoms with E-state index >= 15 is 0 Å². The van der Waals surface area contributed by atoms with Crippen LogP contribution >= 0.6 is 11.6 Å². The van der Waals surface area contributed by atoms with Crippen LogP contribution in [0.15, 0.2) is 24.3 Å². The number of ketones is 1. The number of alkyl halides is 1. The van der Waals surface area contributed by atoms with Gasteiger partial charge in [-0.3, -0.25) is 4.79 Å². The van der Waals surface area contributed by atoms with Gasteiger partial charge in [0.25, 0.3) is 0 Å². The monoisotopic (exact) mass is 196 g/mol. The predicted octanol–water partition coefficient (Wildman–Crippen LogP) is 1.80. The first kappa shape index (κ1) is 8.57. The zero-order valence-corrected chi connectivity index (χ0v) is 7.75. The van der Waals surface area contributed by atoms with E-state index in [1.165, 1.54) is 0 Å². The normalized spacial score (nSPS) is 19.3. The lowest BCUT2D eigenvalue weighted by atomic mass is 10.1. The maximum absolute atomic E-state index is 11.2. The summed E-state index contributed by atoms with van der Waals surface area (Å²) in [7, 11) is 0. The second-order valence-corrected chi connectivity index (χ2v) is 3.29. The Labute approximate surface area is 81.5 Å². The van der Waals surface area contributed by atoms with E-state index in [1.807, 2.05) is 24.3 Å². The molecule has 0 saturated carbocycles. The fourth-order valence-electron chi connectivity index (χ4n) is 1.45. The number of hydrogen-bond donors (Lipinski definition) is 0. The Bertz CT molecular complexity index is 310. The first-order chi connectivity index (χ1) is 6.31. The molecule has 1 atom stereocenters. The lowest BCUT2D eigenvalue weighted by molar-refractivity contribution is -0.122. The highest BCUT2D eigenvalue weighted by Gasteiger charge is 2.27. The summed E-state index contributed by atoms with van der Waals surface area (Å²) >= 11 is 5.45. The van der Waals surface area contributed by atoms with Crippen LogP contribution in [0, 0.1) is 0 Å². The molecule has 0 fully saturated rings. The van der Waals surface area contributed by atoms with E-state index in [-0.39, 0.29) is 17.8 Å². The van der Waals surface area contributed by atoms with Crippen LogP contribution in [0.4, 0.5) is 0 Å². The van der Waals surface area contributed by atoms with Crippen molar-refractivity contribution in [1.82, 2.24) is 0 Å². The molecule has 0 aromatic heterocycles. The maximum Gasteiger partial charge on any atom is 0.188 e. The lowest BCUT2D eigenvalue weighted by Crippen LogP contribution is -2.26. The van der Waals surface area contributed by atoms with E-state index in [2.05, 4.69) is 0 Å². The molecular formula is C10H9ClO2. The number of para-hydroxylation sites is 1. The number of hydrogen-bond acceptors (Lipinski definition) is 2. The molecule has 1 aliphatic heterocycles. The molecule has 2 rings (SSSR count). The molecule has 1 aromatic rings. The van der Waals surface area contributed by atoms with Crippen LogP contribution in [0.5, 0.6) is 5.75 Å². The number of benzene rings is 1. The number of ether oxygens (including phenoxy) is 1. The highest BCUT2D eigenvalue weighted by molar-refractivity contribution is 6.28. The van der Waals surface area contributed by atoms with Gasteiger partial charge < -0.3 is 4.74 Å². The van der Waals surface area contributed by atoms with Gasteiger partial charge in [-0.15, -0.1) is 11.6 Å². The minimum atomic E-state index is -0.366. The highest BCUT2D eigenvalue weighted by atomic mass is 35.5. The average molecular weight is 197 g/mol. The molecule has 0 spiro atoms. The van der Waals surface area contributed by atoms with Crippen molar-refractivity contribution in [3.63, 3.8) is 0 Å². The predicted molar refractivity (Wildman–Crippen MR) is 50.3 cm³/mol. The number of Topliss-reactive ketones (excluding diaryl/α,β-unsaturated/α-hetero) is 1. The van der Waals surface area contributed by atoms with Gasteiger partial charge in [-0.25, -0.2) is 0 Å². The van der Waals surface area contributed by atoms with Crippen LogP contribution in [0.2, 0.25) is 0 Å². The van der Waals surface area contributed by atoms with Crippen molar-refractivity contribution in [3.05, 3.63) is 29.8 Å². The highest BCUT2D eigenvalue weighted by Crippen LogP contribution is 2.28. The zero-order valence-electron chi connectivity index (χ0n) is 7.00. The first-order valence-electron chi connectivity index (χ1n) is 4.14. The summed E-state index contributed by atoms with van der Waals surface area (Å²) in [4.78, 5) is 11.2. The Hall–Kier alpha value is -1.02. The van der Waals surface area contributed by atoms with E-state index in [9.17, 15) is 4.79 Å². The van der Waals surface area contributed by atoms with Crippen LogP contribution < -0.4 is 4.74 Å². The molecule has 0 N–H and O–H groups in total. The first-order valence-corrected chi connectivity index (χ1v) is 4.68. The molecule has 68 valence electrons. The van der Waals surface area contributed by atoms with Crippen molar-refractivity contribution < 1.29 is 9.53 Å². The van der Waals surface area contributed by atoms with E-state index < -0.39 is 0 Å².